The zero-order chi connectivity index (χ0) is 8.48. The maximum Gasteiger partial charge on any atom is 0.134 e. The minimum Gasteiger partial charge on any atom is -0.302 e. The molecule has 1 aliphatic carbocycles. The first-order valence-corrected chi connectivity index (χ1v) is 4.01. The highest BCUT2D eigenvalue weighted by molar-refractivity contribution is 6.22. The van der Waals surface area contributed by atoms with Gasteiger partial charge in [0.25, 0.3) is 0 Å². The Labute approximate surface area is 70.2 Å². The summed E-state index contributed by atoms with van der Waals surface area (Å²) in [4.78, 5) is 10.5. The number of hydrogen-bond acceptors (Lipinski definition) is 1. The van der Waals surface area contributed by atoms with Crippen LogP contribution in [-0.2, 0) is 4.79 Å². The molecule has 3 heteroatoms. The predicted molar refractivity (Wildman–Crippen MR) is 42.2 cm³/mol. The smallest absolute Gasteiger partial charge is 0.134 e. The summed E-state index contributed by atoms with van der Waals surface area (Å²) < 4.78 is 13.0. The Morgan fingerprint density at radius 1 is 1.91 bits per heavy atom. The fourth-order valence-corrected chi connectivity index (χ4v) is 1.44. The maximum absolute atomic E-state index is 13.0. The largest absolute Gasteiger partial charge is 0.302 e. The van der Waals surface area contributed by atoms with E-state index in [2.05, 4.69) is 0 Å². The van der Waals surface area contributed by atoms with Crippen LogP contribution in [-0.4, -0.2) is 11.7 Å². The Balaban J connectivity index is 2.96. The molecule has 0 heterocycles. The van der Waals surface area contributed by atoms with Gasteiger partial charge >= 0.3 is 0 Å². The van der Waals surface area contributed by atoms with Crippen LogP contribution in [0.5, 0.6) is 0 Å². The van der Waals surface area contributed by atoms with E-state index in [0.717, 1.165) is 0 Å². The number of carbonyl (C=O) groups excluding carboxylic acids is 1. The first kappa shape index (κ1) is 8.72. The van der Waals surface area contributed by atoms with Gasteiger partial charge in [0.1, 0.15) is 12.1 Å². The van der Waals surface area contributed by atoms with E-state index in [0.29, 0.717) is 19.1 Å². The van der Waals surface area contributed by atoms with Crippen LogP contribution in [0.2, 0.25) is 0 Å². The third kappa shape index (κ3) is 1.32. The van der Waals surface area contributed by atoms with Crippen LogP contribution in [0.1, 0.15) is 19.8 Å². The van der Waals surface area contributed by atoms with E-state index in [4.69, 9.17) is 11.6 Å². The molecule has 0 aromatic carbocycles. The number of carbonyl (C=O) groups is 1. The molecule has 0 bridgehead atoms. The van der Waals surface area contributed by atoms with E-state index in [9.17, 15) is 9.18 Å². The molecule has 0 amide bonds. The lowest BCUT2D eigenvalue weighted by molar-refractivity contribution is -0.114. The molecule has 1 rings (SSSR count). The molecule has 0 N–H and O–H groups in total. The van der Waals surface area contributed by atoms with E-state index in [1.54, 1.807) is 0 Å². The van der Waals surface area contributed by atoms with Gasteiger partial charge in [0.15, 0.2) is 0 Å². The van der Waals surface area contributed by atoms with Gasteiger partial charge in [-0.1, -0.05) is 6.08 Å². The highest BCUT2D eigenvalue weighted by Gasteiger charge is 2.39. The summed E-state index contributed by atoms with van der Waals surface area (Å²) in [5, 5.41) is -0.398. The Morgan fingerprint density at radius 2 is 2.55 bits per heavy atom. The lowest BCUT2D eigenvalue weighted by atomic mass is 9.80. The van der Waals surface area contributed by atoms with Gasteiger partial charge in [-0.25, -0.2) is 4.39 Å². The molecule has 0 saturated carbocycles. The highest BCUT2D eigenvalue weighted by Crippen LogP contribution is 2.39. The molecule has 0 aliphatic heterocycles. The van der Waals surface area contributed by atoms with Crippen molar-refractivity contribution in [2.75, 3.05) is 0 Å². The molecule has 0 fully saturated rings. The van der Waals surface area contributed by atoms with Crippen molar-refractivity contribution in [1.82, 2.24) is 0 Å². The monoisotopic (exact) mass is 176 g/mol. The van der Waals surface area contributed by atoms with Crippen molar-refractivity contribution < 1.29 is 9.18 Å². The lowest BCUT2D eigenvalue weighted by Gasteiger charge is -2.29. The molecular formula is C8H10ClFO. The summed E-state index contributed by atoms with van der Waals surface area (Å²) in [5.41, 5.74) is -1.08. The minimum atomic E-state index is -1.08. The zero-order valence-electron chi connectivity index (χ0n) is 6.31. The quantitative estimate of drug-likeness (QED) is 0.443. The second-order valence-electron chi connectivity index (χ2n) is 3.00. The average molecular weight is 177 g/mol. The Morgan fingerprint density at radius 3 is 2.91 bits per heavy atom. The number of aldehydes is 1. The molecule has 2 unspecified atom stereocenters. The van der Waals surface area contributed by atoms with Gasteiger partial charge in [-0.05, 0) is 19.8 Å². The average Bonchev–Trinajstić information content (AvgIpc) is 2.00. The van der Waals surface area contributed by atoms with E-state index >= 15 is 0 Å². The van der Waals surface area contributed by atoms with Crippen LogP contribution < -0.4 is 0 Å². The van der Waals surface area contributed by atoms with Crippen LogP contribution in [0.3, 0.4) is 0 Å². The molecule has 0 aromatic heterocycles. The number of alkyl halides is 1. The van der Waals surface area contributed by atoms with Crippen molar-refractivity contribution in [1.29, 1.82) is 0 Å². The maximum atomic E-state index is 13.0. The second-order valence-corrected chi connectivity index (χ2v) is 3.52. The minimum absolute atomic E-state index is 0.390. The summed E-state index contributed by atoms with van der Waals surface area (Å²) in [5.74, 6) is -0.390. The van der Waals surface area contributed by atoms with Gasteiger partial charge in [0.05, 0.1) is 10.8 Å². The number of hydrogen-bond donors (Lipinski definition) is 0. The van der Waals surface area contributed by atoms with Crippen LogP contribution in [0.4, 0.5) is 4.39 Å². The molecule has 0 saturated heterocycles. The normalized spacial score (nSPS) is 38.1. The van der Waals surface area contributed by atoms with Crippen molar-refractivity contribution in [2.24, 2.45) is 5.41 Å². The van der Waals surface area contributed by atoms with Crippen LogP contribution in [0, 0.1) is 5.41 Å². The first-order valence-electron chi connectivity index (χ1n) is 3.58. The number of halogens is 2. The van der Waals surface area contributed by atoms with Gasteiger partial charge < -0.3 is 4.79 Å². The molecule has 1 aliphatic rings. The van der Waals surface area contributed by atoms with Crippen LogP contribution in [0.15, 0.2) is 11.9 Å². The fraction of sp³-hybridized carbons (Fsp3) is 0.625. The standard InChI is InChI=1S/C8H10ClFO/c1-8(5-11)6(9)3-2-4-7(8)10/h4-6H,2-3H2,1H3. The Kier molecular flexibility index (Phi) is 2.33. The van der Waals surface area contributed by atoms with E-state index < -0.39 is 16.6 Å². The van der Waals surface area contributed by atoms with E-state index in [1.165, 1.54) is 13.0 Å². The highest BCUT2D eigenvalue weighted by atomic mass is 35.5. The summed E-state index contributed by atoms with van der Waals surface area (Å²) in [7, 11) is 0. The molecular weight excluding hydrogens is 167 g/mol. The van der Waals surface area contributed by atoms with Gasteiger partial charge in [-0.3, -0.25) is 0 Å². The topological polar surface area (TPSA) is 17.1 Å². The predicted octanol–water partition coefficient (Wildman–Crippen LogP) is 2.45. The van der Waals surface area contributed by atoms with E-state index in [-0.39, 0.29) is 0 Å². The summed E-state index contributed by atoms with van der Waals surface area (Å²) in [6.45, 7) is 1.53. The van der Waals surface area contributed by atoms with E-state index in [1.807, 2.05) is 0 Å². The second kappa shape index (κ2) is 2.94. The van der Waals surface area contributed by atoms with Gasteiger partial charge in [-0.2, -0.15) is 0 Å². The summed E-state index contributed by atoms with van der Waals surface area (Å²) in [6.07, 6.45) is 3.33. The third-order valence-corrected chi connectivity index (χ3v) is 2.83. The van der Waals surface area contributed by atoms with Crippen molar-refractivity contribution in [2.45, 2.75) is 25.1 Å². The molecule has 0 aromatic rings. The fourth-order valence-electron chi connectivity index (χ4n) is 1.16. The van der Waals surface area contributed by atoms with Gasteiger partial charge in [0, 0.05) is 0 Å². The van der Waals surface area contributed by atoms with Crippen molar-refractivity contribution in [3.63, 3.8) is 0 Å². The SMILES string of the molecule is CC1(C=O)C(F)=CCCC1Cl. The van der Waals surface area contributed by atoms with Crippen LogP contribution >= 0.6 is 11.6 Å². The van der Waals surface area contributed by atoms with Crippen LogP contribution in [0.25, 0.3) is 0 Å². The lowest BCUT2D eigenvalue weighted by Crippen LogP contribution is -2.33. The first-order chi connectivity index (χ1) is 5.11. The summed E-state index contributed by atoms with van der Waals surface area (Å²) in [6, 6.07) is 0. The van der Waals surface area contributed by atoms with Gasteiger partial charge in [-0.15, -0.1) is 11.6 Å². The third-order valence-electron chi connectivity index (χ3n) is 2.15. The van der Waals surface area contributed by atoms with Gasteiger partial charge in [0.2, 0.25) is 0 Å². The Hall–Kier alpha value is -0.370. The Bertz CT molecular complexity index is 202. The molecule has 11 heavy (non-hydrogen) atoms. The molecule has 1 nitrogen and oxygen atoms in total. The van der Waals surface area contributed by atoms with Crippen molar-refractivity contribution in [3.8, 4) is 0 Å². The zero-order valence-corrected chi connectivity index (χ0v) is 7.07. The molecule has 2 atom stereocenters. The number of rotatable bonds is 1. The molecule has 0 radical (unpaired) electrons. The van der Waals surface area contributed by atoms with Crippen molar-refractivity contribution >= 4 is 17.9 Å². The molecule has 0 spiro atoms. The van der Waals surface area contributed by atoms with Crippen molar-refractivity contribution in [3.05, 3.63) is 11.9 Å². The summed E-state index contributed by atoms with van der Waals surface area (Å²) >= 11 is 5.81. The molecule has 62 valence electrons. The number of allylic oxidation sites excluding steroid dienone is 2.